The summed E-state index contributed by atoms with van der Waals surface area (Å²) in [5.41, 5.74) is 2.54. The second-order valence-electron chi connectivity index (χ2n) is 5.92. The second kappa shape index (κ2) is 7.19. The SMILES string of the molecule is Cc1cc(-n2c(C)cc(C(=O)NCC3CCCN3)c2C)no1.Cl. The lowest BCUT2D eigenvalue weighted by molar-refractivity contribution is 0.0949. The molecule has 6 nitrogen and oxygen atoms in total. The summed E-state index contributed by atoms with van der Waals surface area (Å²) in [5.74, 6) is 1.43. The molecule has 1 saturated heterocycles. The Morgan fingerprint density at radius 3 is 2.83 bits per heavy atom. The number of aromatic nitrogens is 2. The molecule has 1 amide bonds. The lowest BCUT2D eigenvalue weighted by atomic mass is 10.2. The van der Waals surface area contributed by atoms with Gasteiger partial charge in [-0.05, 0) is 46.2 Å². The van der Waals surface area contributed by atoms with E-state index in [-0.39, 0.29) is 18.3 Å². The van der Waals surface area contributed by atoms with Gasteiger partial charge in [-0.15, -0.1) is 12.4 Å². The fourth-order valence-electron chi connectivity index (χ4n) is 3.05. The van der Waals surface area contributed by atoms with Crippen molar-refractivity contribution in [3.8, 4) is 5.82 Å². The lowest BCUT2D eigenvalue weighted by Gasteiger charge is -2.11. The average molecular weight is 339 g/mol. The quantitative estimate of drug-likeness (QED) is 0.897. The van der Waals surface area contributed by atoms with E-state index in [0.717, 1.165) is 30.1 Å². The van der Waals surface area contributed by atoms with Gasteiger partial charge in [0.25, 0.3) is 5.91 Å². The van der Waals surface area contributed by atoms with Crippen molar-refractivity contribution in [3.05, 3.63) is 34.8 Å². The number of amides is 1. The highest BCUT2D eigenvalue weighted by Gasteiger charge is 2.20. The summed E-state index contributed by atoms with van der Waals surface area (Å²) in [6.07, 6.45) is 2.30. The van der Waals surface area contributed by atoms with Gasteiger partial charge in [-0.2, -0.15) is 0 Å². The monoisotopic (exact) mass is 338 g/mol. The predicted molar refractivity (Wildman–Crippen MR) is 90.6 cm³/mol. The summed E-state index contributed by atoms with van der Waals surface area (Å²) in [7, 11) is 0. The molecule has 3 rings (SSSR count). The number of hydrogen-bond acceptors (Lipinski definition) is 4. The van der Waals surface area contributed by atoms with Crippen LogP contribution in [0.3, 0.4) is 0 Å². The standard InChI is InChI=1S/C16H22N4O2.ClH/c1-10-7-14(16(21)18-9-13-5-4-6-17-13)12(3)20(10)15-8-11(2)22-19-15;/h7-8,13,17H,4-6,9H2,1-3H3,(H,18,21);1H. The number of carbonyl (C=O) groups excluding carboxylic acids is 1. The van der Waals surface area contributed by atoms with E-state index in [1.54, 1.807) is 0 Å². The zero-order valence-electron chi connectivity index (χ0n) is 13.7. The van der Waals surface area contributed by atoms with Gasteiger partial charge in [0.05, 0.1) is 5.56 Å². The lowest BCUT2D eigenvalue weighted by Crippen LogP contribution is -2.37. The fourth-order valence-corrected chi connectivity index (χ4v) is 3.05. The van der Waals surface area contributed by atoms with Crippen molar-refractivity contribution in [3.63, 3.8) is 0 Å². The summed E-state index contributed by atoms with van der Waals surface area (Å²) in [5, 5.41) is 10.4. The zero-order chi connectivity index (χ0) is 15.7. The number of hydrogen-bond donors (Lipinski definition) is 2. The Labute approximate surface area is 142 Å². The molecule has 2 N–H and O–H groups in total. The van der Waals surface area contributed by atoms with Crippen molar-refractivity contribution < 1.29 is 9.32 Å². The van der Waals surface area contributed by atoms with E-state index in [4.69, 9.17) is 4.52 Å². The first kappa shape index (κ1) is 17.6. The van der Waals surface area contributed by atoms with Gasteiger partial charge in [0, 0.05) is 30.0 Å². The molecule has 1 aliphatic heterocycles. The van der Waals surface area contributed by atoms with Crippen LogP contribution in [0.4, 0.5) is 0 Å². The molecule has 126 valence electrons. The summed E-state index contributed by atoms with van der Waals surface area (Å²) in [6.45, 7) is 7.46. The Morgan fingerprint density at radius 2 is 2.22 bits per heavy atom. The van der Waals surface area contributed by atoms with Crippen molar-refractivity contribution >= 4 is 18.3 Å². The van der Waals surface area contributed by atoms with E-state index in [0.29, 0.717) is 24.0 Å². The van der Waals surface area contributed by atoms with Gasteiger partial charge in [-0.3, -0.25) is 9.36 Å². The maximum Gasteiger partial charge on any atom is 0.253 e. The number of halogens is 1. The van der Waals surface area contributed by atoms with Crippen LogP contribution >= 0.6 is 12.4 Å². The van der Waals surface area contributed by atoms with Gasteiger partial charge >= 0.3 is 0 Å². The molecule has 3 heterocycles. The molecule has 0 aliphatic carbocycles. The van der Waals surface area contributed by atoms with Crippen molar-refractivity contribution in [2.24, 2.45) is 0 Å². The molecule has 1 aliphatic rings. The Balaban J connectivity index is 0.00000192. The average Bonchev–Trinajstić information content (AvgIpc) is 3.18. The van der Waals surface area contributed by atoms with Gasteiger partial charge in [0.1, 0.15) is 5.76 Å². The molecule has 0 saturated carbocycles. The molecule has 2 aromatic rings. The highest BCUT2D eigenvalue weighted by molar-refractivity contribution is 5.95. The fraction of sp³-hybridized carbons (Fsp3) is 0.500. The molecule has 0 spiro atoms. The van der Waals surface area contributed by atoms with Crippen LogP contribution in [0, 0.1) is 20.8 Å². The third-order valence-corrected chi connectivity index (χ3v) is 4.19. The van der Waals surface area contributed by atoms with Crippen molar-refractivity contribution in [2.75, 3.05) is 13.1 Å². The maximum atomic E-state index is 12.4. The third-order valence-electron chi connectivity index (χ3n) is 4.19. The summed E-state index contributed by atoms with van der Waals surface area (Å²) < 4.78 is 7.08. The minimum Gasteiger partial charge on any atom is -0.360 e. The topological polar surface area (TPSA) is 72.1 Å². The van der Waals surface area contributed by atoms with Crippen molar-refractivity contribution in [1.29, 1.82) is 0 Å². The maximum absolute atomic E-state index is 12.4. The van der Waals surface area contributed by atoms with Gasteiger partial charge < -0.3 is 15.2 Å². The van der Waals surface area contributed by atoms with E-state index < -0.39 is 0 Å². The normalized spacial score (nSPS) is 17.1. The Morgan fingerprint density at radius 1 is 1.43 bits per heavy atom. The van der Waals surface area contributed by atoms with E-state index in [1.807, 2.05) is 37.5 Å². The molecule has 23 heavy (non-hydrogen) atoms. The Kier molecular flexibility index (Phi) is 5.49. The number of rotatable bonds is 4. The van der Waals surface area contributed by atoms with Gasteiger partial charge in [0.15, 0.2) is 5.82 Å². The second-order valence-corrected chi connectivity index (χ2v) is 5.92. The van der Waals surface area contributed by atoms with Crippen molar-refractivity contribution in [2.45, 2.75) is 39.7 Å². The van der Waals surface area contributed by atoms with Crippen LogP contribution in [0.25, 0.3) is 5.82 Å². The first-order valence-electron chi connectivity index (χ1n) is 7.70. The predicted octanol–water partition coefficient (Wildman–Crippen LogP) is 2.29. The first-order chi connectivity index (χ1) is 10.6. The minimum absolute atomic E-state index is 0. The van der Waals surface area contributed by atoms with Crippen molar-refractivity contribution in [1.82, 2.24) is 20.4 Å². The molecule has 2 aromatic heterocycles. The van der Waals surface area contributed by atoms with Crippen LogP contribution in [-0.2, 0) is 0 Å². The molecule has 0 bridgehead atoms. The molecular formula is C16H23ClN4O2. The molecular weight excluding hydrogens is 316 g/mol. The van der Waals surface area contributed by atoms with E-state index in [1.165, 1.54) is 6.42 Å². The van der Waals surface area contributed by atoms with E-state index in [2.05, 4.69) is 15.8 Å². The molecule has 0 radical (unpaired) electrons. The summed E-state index contributed by atoms with van der Waals surface area (Å²) >= 11 is 0. The summed E-state index contributed by atoms with van der Waals surface area (Å²) in [6, 6.07) is 4.16. The number of nitrogens with one attached hydrogen (secondary N) is 2. The van der Waals surface area contributed by atoms with Crippen LogP contribution < -0.4 is 10.6 Å². The van der Waals surface area contributed by atoms with Crippen LogP contribution in [-0.4, -0.2) is 34.8 Å². The Bertz CT molecular complexity index is 686. The van der Waals surface area contributed by atoms with Gasteiger partial charge in [-0.25, -0.2) is 0 Å². The zero-order valence-corrected chi connectivity index (χ0v) is 14.5. The molecule has 7 heteroatoms. The van der Waals surface area contributed by atoms with Gasteiger partial charge in [0.2, 0.25) is 0 Å². The number of carbonyl (C=O) groups is 1. The minimum atomic E-state index is -0.0340. The van der Waals surface area contributed by atoms with Crippen LogP contribution in [0.2, 0.25) is 0 Å². The van der Waals surface area contributed by atoms with Crippen LogP contribution in [0.1, 0.15) is 40.3 Å². The molecule has 1 fully saturated rings. The highest BCUT2D eigenvalue weighted by atomic mass is 35.5. The Hall–Kier alpha value is -1.79. The highest BCUT2D eigenvalue weighted by Crippen LogP contribution is 2.20. The third kappa shape index (κ3) is 3.59. The van der Waals surface area contributed by atoms with E-state index in [9.17, 15) is 4.79 Å². The molecule has 0 aromatic carbocycles. The largest absolute Gasteiger partial charge is 0.360 e. The van der Waals surface area contributed by atoms with Gasteiger partial charge in [-0.1, -0.05) is 5.16 Å². The smallest absolute Gasteiger partial charge is 0.253 e. The van der Waals surface area contributed by atoms with E-state index >= 15 is 0 Å². The number of nitrogens with zero attached hydrogens (tertiary/aromatic N) is 2. The first-order valence-corrected chi connectivity index (χ1v) is 7.70. The number of aryl methyl sites for hydroxylation is 2. The van der Waals surface area contributed by atoms with Crippen LogP contribution in [0.15, 0.2) is 16.7 Å². The molecule has 1 atom stereocenters. The van der Waals surface area contributed by atoms with Crippen LogP contribution in [0.5, 0.6) is 0 Å². The summed E-state index contributed by atoms with van der Waals surface area (Å²) in [4.78, 5) is 12.4. The molecule has 1 unspecified atom stereocenters.